The maximum absolute atomic E-state index is 13.0. The number of unbranched alkanes of at least 4 members (excludes halogenated alkanes) is 1. The minimum Gasteiger partial charge on any atom is -0.494 e. The molecule has 0 aliphatic carbocycles. The fourth-order valence-corrected chi connectivity index (χ4v) is 3.93. The number of fused-ring (bicyclic) bond motifs is 1. The van der Waals surface area contributed by atoms with Gasteiger partial charge >= 0.3 is 0 Å². The van der Waals surface area contributed by atoms with Crippen molar-refractivity contribution in [2.45, 2.75) is 40.0 Å². The molecule has 35 heavy (non-hydrogen) atoms. The highest BCUT2D eigenvalue weighted by molar-refractivity contribution is 6.34. The number of amides is 1. The van der Waals surface area contributed by atoms with Gasteiger partial charge < -0.3 is 14.8 Å². The predicted molar refractivity (Wildman–Crippen MR) is 139 cm³/mol. The van der Waals surface area contributed by atoms with Crippen LogP contribution in [0, 0.1) is 0 Å². The van der Waals surface area contributed by atoms with Gasteiger partial charge in [0.15, 0.2) is 0 Å². The first-order valence-corrected chi connectivity index (χ1v) is 12.3. The number of anilines is 1. The summed E-state index contributed by atoms with van der Waals surface area (Å²) in [6.07, 6.45) is 3.39. The summed E-state index contributed by atoms with van der Waals surface area (Å²) in [7, 11) is 0. The van der Waals surface area contributed by atoms with Crippen molar-refractivity contribution in [3.05, 3.63) is 70.7 Å². The molecule has 0 atom stereocenters. The van der Waals surface area contributed by atoms with E-state index in [0.717, 1.165) is 12.1 Å². The fraction of sp³-hybridized carbons (Fsp3) is 0.296. The lowest BCUT2D eigenvalue weighted by atomic mass is 10.1. The Morgan fingerprint density at radius 3 is 2.14 bits per heavy atom. The molecule has 4 aromatic rings. The molecular formula is C27H29ClN4O3. The Hall–Kier alpha value is -3.58. The maximum atomic E-state index is 13.0. The molecule has 0 bridgehead atoms. The molecule has 1 amide bonds. The van der Waals surface area contributed by atoms with Gasteiger partial charge in [0.25, 0.3) is 5.91 Å². The van der Waals surface area contributed by atoms with Crippen LogP contribution in [0.3, 0.4) is 0 Å². The van der Waals surface area contributed by atoms with Crippen LogP contribution in [0.25, 0.3) is 16.7 Å². The smallest absolute Gasteiger partial charge is 0.255 e. The van der Waals surface area contributed by atoms with E-state index < -0.39 is 0 Å². The molecule has 0 aliphatic heterocycles. The zero-order valence-corrected chi connectivity index (χ0v) is 20.9. The van der Waals surface area contributed by atoms with Crippen molar-refractivity contribution >= 4 is 34.2 Å². The van der Waals surface area contributed by atoms with E-state index in [0.29, 0.717) is 52.0 Å². The molecule has 4 rings (SSSR count). The van der Waals surface area contributed by atoms with E-state index in [1.54, 1.807) is 35.1 Å². The highest BCUT2D eigenvalue weighted by Gasteiger charge is 2.15. The minimum absolute atomic E-state index is 0.330. The summed E-state index contributed by atoms with van der Waals surface area (Å²) in [4.78, 5) is 14.6. The highest BCUT2D eigenvalue weighted by Crippen LogP contribution is 2.29. The Morgan fingerprint density at radius 2 is 1.54 bits per heavy atom. The number of carbonyl (C=O) groups is 1. The number of hydrogen-bond donors (Lipinski definition) is 1. The summed E-state index contributed by atoms with van der Waals surface area (Å²) in [5.74, 6) is 0.798. The Bertz CT molecular complexity index is 1290. The van der Waals surface area contributed by atoms with Crippen LogP contribution in [-0.4, -0.2) is 34.1 Å². The van der Waals surface area contributed by atoms with Crippen LogP contribution < -0.4 is 14.8 Å². The van der Waals surface area contributed by atoms with Crippen molar-refractivity contribution in [1.29, 1.82) is 0 Å². The largest absolute Gasteiger partial charge is 0.494 e. The van der Waals surface area contributed by atoms with E-state index in [4.69, 9.17) is 21.1 Å². The highest BCUT2D eigenvalue weighted by atomic mass is 35.5. The number of nitrogens with one attached hydrogen (secondary N) is 1. The minimum atomic E-state index is -0.330. The Labute approximate surface area is 210 Å². The van der Waals surface area contributed by atoms with Crippen molar-refractivity contribution in [3.8, 4) is 17.2 Å². The van der Waals surface area contributed by atoms with E-state index >= 15 is 0 Å². The second-order valence-electron chi connectivity index (χ2n) is 8.09. The van der Waals surface area contributed by atoms with Crippen LogP contribution in [0.4, 0.5) is 5.69 Å². The molecule has 0 radical (unpaired) electrons. The summed E-state index contributed by atoms with van der Waals surface area (Å²) < 4.78 is 11.2. The zero-order chi connectivity index (χ0) is 24.8. The summed E-state index contributed by atoms with van der Waals surface area (Å²) in [6, 6.07) is 16.8. The molecule has 0 spiro atoms. The Morgan fingerprint density at radius 1 is 0.914 bits per heavy atom. The molecular weight excluding hydrogens is 464 g/mol. The first-order chi connectivity index (χ1) is 17.0. The van der Waals surface area contributed by atoms with Gasteiger partial charge in [-0.2, -0.15) is 4.80 Å². The number of hydrogen-bond acceptors (Lipinski definition) is 5. The predicted octanol–water partition coefficient (Wildman–Crippen LogP) is 6.47. The standard InChI is InChI=1S/C27H29ClN4O3/c1-4-7-8-18-9-11-20(12-10-18)32-30-25-16-23(28)24(17-26(25)31-32)29-27(33)19-13-21(34-5-2)15-22(14-19)35-6-3/h9-17H,4-8H2,1-3H3,(H,29,33). The quantitative estimate of drug-likeness (QED) is 0.274. The molecule has 0 fully saturated rings. The molecule has 7 nitrogen and oxygen atoms in total. The lowest BCUT2D eigenvalue weighted by molar-refractivity contribution is 0.102. The van der Waals surface area contributed by atoms with Crippen LogP contribution >= 0.6 is 11.6 Å². The summed E-state index contributed by atoms with van der Waals surface area (Å²) in [5, 5.41) is 12.4. The van der Waals surface area contributed by atoms with Crippen molar-refractivity contribution < 1.29 is 14.3 Å². The second-order valence-corrected chi connectivity index (χ2v) is 8.50. The van der Waals surface area contributed by atoms with Gasteiger partial charge in [-0.15, -0.1) is 10.2 Å². The van der Waals surface area contributed by atoms with Crippen LogP contribution in [0.2, 0.25) is 5.02 Å². The summed E-state index contributed by atoms with van der Waals surface area (Å²) >= 11 is 6.48. The van der Waals surface area contributed by atoms with Crippen molar-refractivity contribution in [2.24, 2.45) is 0 Å². The van der Waals surface area contributed by atoms with Crippen molar-refractivity contribution in [1.82, 2.24) is 15.0 Å². The summed E-state index contributed by atoms with van der Waals surface area (Å²) in [5.41, 5.74) is 4.27. The molecule has 0 unspecified atom stereocenters. The molecule has 8 heteroatoms. The third-order valence-electron chi connectivity index (χ3n) is 5.47. The van der Waals surface area contributed by atoms with Gasteiger partial charge in [-0.3, -0.25) is 4.79 Å². The first kappa shape index (κ1) is 24.5. The topological polar surface area (TPSA) is 78.3 Å². The molecule has 182 valence electrons. The molecule has 1 heterocycles. The molecule has 1 N–H and O–H groups in total. The number of carbonyl (C=O) groups excluding carboxylic acids is 1. The van der Waals surface area contributed by atoms with E-state index in [1.807, 2.05) is 26.0 Å². The van der Waals surface area contributed by atoms with Crippen molar-refractivity contribution in [2.75, 3.05) is 18.5 Å². The normalized spacial score (nSPS) is 11.0. The van der Waals surface area contributed by atoms with Crippen LogP contribution in [0.1, 0.15) is 49.5 Å². The third kappa shape index (κ3) is 5.92. The monoisotopic (exact) mass is 492 g/mol. The van der Waals surface area contributed by atoms with E-state index in [2.05, 4.69) is 34.6 Å². The second kappa shape index (κ2) is 11.2. The van der Waals surface area contributed by atoms with E-state index in [1.165, 1.54) is 18.4 Å². The van der Waals surface area contributed by atoms with E-state index in [9.17, 15) is 4.79 Å². The lowest BCUT2D eigenvalue weighted by Gasteiger charge is -2.11. The van der Waals surface area contributed by atoms with Gasteiger partial charge in [0.05, 0.1) is 29.6 Å². The first-order valence-electron chi connectivity index (χ1n) is 11.9. The average molecular weight is 493 g/mol. The number of halogens is 1. The van der Waals surface area contributed by atoms with Gasteiger partial charge in [0.2, 0.25) is 0 Å². The Balaban J connectivity index is 1.57. The maximum Gasteiger partial charge on any atom is 0.255 e. The number of aromatic nitrogens is 3. The molecule has 0 aliphatic rings. The number of rotatable bonds is 10. The van der Waals surface area contributed by atoms with Gasteiger partial charge in [-0.1, -0.05) is 37.1 Å². The SMILES string of the molecule is CCCCc1ccc(-n2nc3cc(Cl)c(NC(=O)c4cc(OCC)cc(OCC)c4)cc3n2)cc1. The number of ether oxygens (including phenoxy) is 2. The molecule has 1 aromatic heterocycles. The Kier molecular flexibility index (Phi) is 7.87. The number of nitrogens with zero attached hydrogens (tertiary/aromatic N) is 3. The zero-order valence-electron chi connectivity index (χ0n) is 20.2. The lowest BCUT2D eigenvalue weighted by Crippen LogP contribution is -2.13. The van der Waals surface area contributed by atoms with Crippen LogP contribution in [0.15, 0.2) is 54.6 Å². The van der Waals surface area contributed by atoms with Gasteiger partial charge in [0, 0.05) is 11.6 Å². The molecule has 0 saturated heterocycles. The molecule has 3 aromatic carbocycles. The average Bonchev–Trinajstić information content (AvgIpc) is 3.26. The number of benzene rings is 3. The summed E-state index contributed by atoms with van der Waals surface area (Å²) in [6.45, 7) is 6.92. The molecule has 0 saturated carbocycles. The van der Waals surface area contributed by atoms with Gasteiger partial charge in [0.1, 0.15) is 22.5 Å². The van der Waals surface area contributed by atoms with Crippen LogP contribution in [-0.2, 0) is 6.42 Å². The van der Waals surface area contributed by atoms with Crippen molar-refractivity contribution in [3.63, 3.8) is 0 Å². The fourth-order valence-electron chi connectivity index (χ4n) is 3.72. The van der Waals surface area contributed by atoms with E-state index in [-0.39, 0.29) is 5.91 Å². The number of aryl methyl sites for hydroxylation is 1. The third-order valence-corrected chi connectivity index (χ3v) is 5.78. The van der Waals surface area contributed by atoms with Gasteiger partial charge in [-0.05, 0) is 68.7 Å². The van der Waals surface area contributed by atoms with Gasteiger partial charge in [-0.25, -0.2) is 0 Å². The van der Waals surface area contributed by atoms with Crippen LogP contribution in [0.5, 0.6) is 11.5 Å².